The van der Waals surface area contributed by atoms with E-state index in [-0.39, 0.29) is 17.7 Å². The van der Waals surface area contributed by atoms with E-state index in [1.54, 1.807) is 16.2 Å². The molecular formula is C16H22N2O2S. The van der Waals surface area contributed by atoms with Crippen LogP contribution >= 0.6 is 11.3 Å². The lowest BCUT2D eigenvalue weighted by Crippen LogP contribution is -2.31. The third-order valence-electron chi connectivity index (χ3n) is 4.85. The zero-order valence-electron chi connectivity index (χ0n) is 12.4. The lowest BCUT2D eigenvalue weighted by Gasteiger charge is -2.19. The minimum absolute atomic E-state index is 0.0752. The summed E-state index contributed by atoms with van der Waals surface area (Å²) in [7, 11) is 0. The molecule has 2 N–H and O–H groups in total. The van der Waals surface area contributed by atoms with Gasteiger partial charge in [-0.3, -0.25) is 9.59 Å². The molecule has 2 heterocycles. The highest BCUT2D eigenvalue weighted by Gasteiger charge is 2.31. The Morgan fingerprint density at radius 3 is 2.90 bits per heavy atom. The van der Waals surface area contributed by atoms with E-state index in [9.17, 15) is 9.59 Å². The Kier molecular flexibility index (Phi) is 4.02. The van der Waals surface area contributed by atoms with Crippen molar-refractivity contribution in [2.45, 2.75) is 39.0 Å². The Morgan fingerprint density at radius 2 is 2.24 bits per heavy atom. The molecule has 0 spiro atoms. The van der Waals surface area contributed by atoms with Crippen molar-refractivity contribution in [3.63, 3.8) is 0 Å². The second-order valence-corrected chi connectivity index (χ2v) is 7.35. The fourth-order valence-corrected chi connectivity index (χ4v) is 4.56. The van der Waals surface area contributed by atoms with Gasteiger partial charge in [0, 0.05) is 18.0 Å². The first kappa shape index (κ1) is 14.6. The fourth-order valence-electron chi connectivity index (χ4n) is 3.39. The van der Waals surface area contributed by atoms with Crippen molar-refractivity contribution < 1.29 is 9.59 Å². The number of amides is 2. The van der Waals surface area contributed by atoms with Crippen molar-refractivity contribution >= 4 is 23.2 Å². The predicted octanol–water partition coefficient (Wildman–Crippen LogP) is 2.21. The van der Waals surface area contributed by atoms with Crippen molar-refractivity contribution in [1.29, 1.82) is 0 Å². The molecule has 1 aliphatic heterocycles. The Morgan fingerprint density at radius 1 is 1.43 bits per heavy atom. The van der Waals surface area contributed by atoms with Crippen LogP contribution < -0.4 is 5.73 Å². The molecule has 1 aliphatic carbocycles. The molecule has 21 heavy (non-hydrogen) atoms. The quantitative estimate of drug-likeness (QED) is 0.930. The standard InChI is InChI=1S/C16H22N2O2S/c1-2-10-3-4-13-12(7-10)8-14(21-13)16(20)18-6-5-11(9-18)15(17)19/h8,10-11H,2-7,9H2,1H3,(H2,17,19). The summed E-state index contributed by atoms with van der Waals surface area (Å²) in [6, 6.07) is 2.09. The van der Waals surface area contributed by atoms with E-state index >= 15 is 0 Å². The number of hydrogen-bond acceptors (Lipinski definition) is 3. The summed E-state index contributed by atoms with van der Waals surface area (Å²) in [5, 5.41) is 0. The summed E-state index contributed by atoms with van der Waals surface area (Å²) in [4.78, 5) is 27.8. The van der Waals surface area contributed by atoms with Gasteiger partial charge in [-0.25, -0.2) is 0 Å². The number of rotatable bonds is 3. The van der Waals surface area contributed by atoms with Crippen molar-refractivity contribution in [3.05, 3.63) is 21.4 Å². The molecule has 0 saturated carbocycles. The first-order valence-corrected chi connectivity index (χ1v) is 8.60. The number of carbonyl (C=O) groups excluding carboxylic acids is 2. The van der Waals surface area contributed by atoms with Crippen LogP contribution in [0.15, 0.2) is 6.07 Å². The number of nitrogens with two attached hydrogens (primary N) is 1. The molecule has 4 nitrogen and oxygen atoms in total. The van der Waals surface area contributed by atoms with Gasteiger partial charge in [-0.2, -0.15) is 0 Å². The maximum absolute atomic E-state index is 12.6. The minimum Gasteiger partial charge on any atom is -0.369 e. The average molecular weight is 306 g/mol. The zero-order valence-corrected chi connectivity index (χ0v) is 13.2. The van der Waals surface area contributed by atoms with Crippen LogP contribution in [0.1, 0.15) is 46.3 Å². The smallest absolute Gasteiger partial charge is 0.263 e. The molecule has 1 fully saturated rings. The van der Waals surface area contributed by atoms with Gasteiger partial charge in [-0.1, -0.05) is 13.3 Å². The van der Waals surface area contributed by atoms with Gasteiger partial charge in [0.15, 0.2) is 0 Å². The second-order valence-electron chi connectivity index (χ2n) is 6.22. The molecule has 0 aromatic carbocycles. The normalized spacial score (nSPS) is 24.9. The largest absolute Gasteiger partial charge is 0.369 e. The van der Waals surface area contributed by atoms with Gasteiger partial charge in [0.2, 0.25) is 5.91 Å². The van der Waals surface area contributed by atoms with Gasteiger partial charge < -0.3 is 10.6 Å². The Hall–Kier alpha value is -1.36. The van der Waals surface area contributed by atoms with Crippen molar-refractivity contribution in [2.75, 3.05) is 13.1 Å². The van der Waals surface area contributed by atoms with E-state index in [1.807, 2.05) is 0 Å². The van der Waals surface area contributed by atoms with Crippen molar-refractivity contribution in [1.82, 2.24) is 4.90 Å². The van der Waals surface area contributed by atoms with Gasteiger partial charge in [-0.15, -0.1) is 11.3 Å². The van der Waals surface area contributed by atoms with Gasteiger partial charge in [0.25, 0.3) is 5.91 Å². The summed E-state index contributed by atoms with van der Waals surface area (Å²) in [5.74, 6) is 0.377. The number of carbonyl (C=O) groups is 2. The maximum Gasteiger partial charge on any atom is 0.263 e. The maximum atomic E-state index is 12.6. The van der Waals surface area contributed by atoms with Crippen LogP contribution in [-0.4, -0.2) is 29.8 Å². The van der Waals surface area contributed by atoms with Crippen LogP contribution in [0.3, 0.4) is 0 Å². The molecule has 114 valence electrons. The summed E-state index contributed by atoms with van der Waals surface area (Å²) >= 11 is 1.65. The van der Waals surface area contributed by atoms with Gasteiger partial charge in [0.05, 0.1) is 10.8 Å². The first-order valence-electron chi connectivity index (χ1n) is 7.78. The topological polar surface area (TPSA) is 63.4 Å². The average Bonchev–Trinajstić information content (AvgIpc) is 3.12. The summed E-state index contributed by atoms with van der Waals surface area (Å²) in [5.41, 5.74) is 6.70. The molecule has 0 bridgehead atoms. The highest BCUT2D eigenvalue weighted by atomic mass is 32.1. The van der Waals surface area contributed by atoms with Crippen molar-refractivity contribution in [3.8, 4) is 0 Å². The lowest BCUT2D eigenvalue weighted by molar-refractivity contribution is -0.121. The van der Waals surface area contributed by atoms with E-state index in [2.05, 4.69) is 13.0 Å². The number of thiophene rings is 1. The Bertz CT molecular complexity index is 567. The Balaban J connectivity index is 1.72. The highest BCUT2D eigenvalue weighted by Crippen LogP contribution is 2.34. The molecule has 1 saturated heterocycles. The number of nitrogens with zero attached hydrogens (tertiary/aromatic N) is 1. The van der Waals surface area contributed by atoms with Crippen LogP contribution in [0, 0.1) is 11.8 Å². The summed E-state index contributed by atoms with van der Waals surface area (Å²) < 4.78 is 0. The van der Waals surface area contributed by atoms with E-state index in [0.29, 0.717) is 19.5 Å². The van der Waals surface area contributed by atoms with Crippen LogP contribution in [0.25, 0.3) is 0 Å². The fraction of sp³-hybridized carbons (Fsp3) is 0.625. The number of likely N-dealkylation sites (tertiary alicyclic amines) is 1. The number of aryl methyl sites for hydroxylation is 1. The van der Waals surface area contributed by atoms with Crippen LogP contribution in [0.2, 0.25) is 0 Å². The Labute approximate surface area is 129 Å². The minimum atomic E-state index is -0.290. The van der Waals surface area contributed by atoms with Gasteiger partial charge in [-0.05, 0) is 43.2 Å². The monoisotopic (exact) mass is 306 g/mol. The SMILES string of the molecule is CCC1CCc2sc(C(=O)N3CCC(C(N)=O)C3)cc2C1. The molecule has 2 unspecified atom stereocenters. The number of primary amides is 1. The first-order chi connectivity index (χ1) is 10.1. The molecule has 2 aliphatic rings. The number of fused-ring (bicyclic) bond motifs is 1. The van der Waals surface area contributed by atoms with Crippen LogP contribution in [0.4, 0.5) is 0 Å². The third-order valence-corrected chi connectivity index (χ3v) is 6.08. The highest BCUT2D eigenvalue weighted by molar-refractivity contribution is 7.14. The summed E-state index contributed by atoms with van der Waals surface area (Å²) in [6.45, 7) is 3.36. The van der Waals surface area contributed by atoms with E-state index in [4.69, 9.17) is 5.73 Å². The van der Waals surface area contributed by atoms with E-state index < -0.39 is 0 Å². The molecule has 1 aromatic rings. The summed E-state index contributed by atoms with van der Waals surface area (Å²) in [6.07, 6.45) is 5.37. The van der Waals surface area contributed by atoms with E-state index in [1.165, 1.54) is 23.3 Å². The van der Waals surface area contributed by atoms with Crippen LogP contribution in [-0.2, 0) is 17.6 Å². The molecule has 2 atom stereocenters. The van der Waals surface area contributed by atoms with Gasteiger partial charge >= 0.3 is 0 Å². The van der Waals surface area contributed by atoms with Crippen molar-refractivity contribution in [2.24, 2.45) is 17.6 Å². The predicted molar refractivity (Wildman–Crippen MR) is 83.3 cm³/mol. The molecule has 3 rings (SSSR count). The molecule has 2 amide bonds. The lowest BCUT2D eigenvalue weighted by atomic mass is 9.87. The second kappa shape index (κ2) is 5.79. The third kappa shape index (κ3) is 2.84. The number of hydrogen-bond donors (Lipinski definition) is 1. The van der Waals surface area contributed by atoms with Crippen LogP contribution in [0.5, 0.6) is 0 Å². The molecule has 0 radical (unpaired) electrons. The molecule has 5 heteroatoms. The van der Waals surface area contributed by atoms with E-state index in [0.717, 1.165) is 23.6 Å². The zero-order chi connectivity index (χ0) is 15.0. The van der Waals surface area contributed by atoms with Gasteiger partial charge in [0.1, 0.15) is 0 Å². The molecular weight excluding hydrogens is 284 g/mol. The molecule has 1 aromatic heterocycles.